The summed E-state index contributed by atoms with van der Waals surface area (Å²) in [6.45, 7) is 1.81. The van der Waals surface area contributed by atoms with Crippen LogP contribution in [0.5, 0.6) is 0 Å². The van der Waals surface area contributed by atoms with Crippen molar-refractivity contribution in [3.63, 3.8) is 0 Å². The van der Waals surface area contributed by atoms with Crippen LogP contribution < -0.4 is 0 Å². The molecule has 0 aromatic heterocycles. The van der Waals surface area contributed by atoms with Crippen molar-refractivity contribution in [1.29, 1.82) is 0 Å². The number of hydrogen-bond donors (Lipinski definition) is 0. The number of carbonyl (C=O) groups is 1. The zero-order valence-corrected chi connectivity index (χ0v) is 12.1. The normalized spacial score (nSPS) is 16.4. The Labute approximate surface area is 120 Å². The van der Waals surface area contributed by atoms with Crippen molar-refractivity contribution in [1.82, 2.24) is 4.90 Å². The van der Waals surface area contributed by atoms with E-state index in [1.807, 2.05) is 0 Å². The molecule has 0 aliphatic carbocycles. The number of rotatable bonds is 2. The average molecular weight is 324 g/mol. The number of amides is 1. The minimum Gasteiger partial charge on any atom is -0.378 e. The maximum Gasteiger partial charge on any atom is 0.261 e. The van der Waals surface area contributed by atoms with E-state index in [-0.39, 0.29) is 21.4 Å². The third kappa shape index (κ3) is 3.39. The molecule has 8 heteroatoms. The van der Waals surface area contributed by atoms with Crippen LogP contribution in [-0.2, 0) is 13.8 Å². The van der Waals surface area contributed by atoms with Crippen molar-refractivity contribution in [2.24, 2.45) is 0 Å². The second kappa shape index (κ2) is 5.66. The van der Waals surface area contributed by atoms with Crippen LogP contribution in [0.25, 0.3) is 0 Å². The first kappa shape index (κ1) is 14.6. The Morgan fingerprint density at radius 1 is 1.26 bits per heavy atom. The maximum atomic E-state index is 12.2. The Balaban J connectivity index is 2.35. The summed E-state index contributed by atoms with van der Waals surface area (Å²) in [6.07, 6.45) is 0. The molecule has 1 aliphatic heterocycles. The third-order valence-corrected chi connectivity index (χ3v) is 4.43. The molecule has 0 radical (unpaired) electrons. The number of morpholine rings is 1. The van der Waals surface area contributed by atoms with Crippen molar-refractivity contribution < 1.29 is 17.9 Å². The smallest absolute Gasteiger partial charge is 0.261 e. The lowest BCUT2D eigenvalue weighted by molar-refractivity contribution is 0.0303. The molecule has 1 fully saturated rings. The summed E-state index contributed by atoms with van der Waals surface area (Å²) in [4.78, 5) is 13.7. The first-order chi connectivity index (χ1) is 8.89. The number of nitrogens with zero attached hydrogens (tertiary/aromatic N) is 1. The largest absolute Gasteiger partial charge is 0.378 e. The van der Waals surface area contributed by atoms with E-state index in [1.54, 1.807) is 4.90 Å². The van der Waals surface area contributed by atoms with Crippen LogP contribution in [0.15, 0.2) is 23.1 Å². The van der Waals surface area contributed by atoms with Crippen molar-refractivity contribution >= 4 is 37.2 Å². The molecule has 1 amide bonds. The number of halogens is 2. The molecule has 1 saturated heterocycles. The quantitative estimate of drug-likeness (QED) is 0.778. The third-order valence-electron chi connectivity index (χ3n) is 2.75. The molecule has 1 aromatic rings. The van der Waals surface area contributed by atoms with Gasteiger partial charge in [-0.2, -0.15) is 0 Å². The molecule has 0 atom stereocenters. The summed E-state index contributed by atoms with van der Waals surface area (Å²) >= 11 is 5.94. The zero-order valence-electron chi connectivity index (χ0n) is 9.80. The van der Waals surface area contributed by atoms with Crippen molar-refractivity contribution in [2.75, 3.05) is 26.3 Å². The van der Waals surface area contributed by atoms with E-state index in [1.165, 1.54) is 18.2 Å². The summed E-state index contributed by atoms with van der Waals surface area (Å²) < 4.78 is 27.7. The standard InChI is InChI=1S/C11H11Cl2NO4S/c12-10-2-1-8(19(13,16)17)7-9(10)11(15)14-3-5-18-6-4-14/h1-2,7H,3-6H2. The van der Waals surface area contributed by atoms with E-state index in [9.17, 15) is 13.2 Å². The first-order valence-corrected chi connectivity index (χ1v) is 8.19. The number of hydrogen-bond acceptors (Lipinski definition) is 4. The monoisotopic (exact) mass is 323 g/mol. The summed E-state index contributed by atoms with van der Waals surface area (Å²) in [7, 11) is 1.37. The van der Waals surface area contributed by atoms with Gasteiger partial charge in [-0.25, -0.2) is 8.42 Å². The Hall–Kier alpha value is -0.820. The van der Waals surface area contributed by atoms with Gasteiger partial charge in [-0.05, 0) is 18.2 Å². The lowest BCUT2D eigenvalue weighted by Gasteiger charge is -2.27. The van der Waals surface area contributed by atoms with Crippen LogP contribution in [-0.4, -0.2) is 45.5 Å². The van der Waals surface area contributed by atoms with Gasteiger partial charge in [-0.3, -0.25) is 4.79 Å². The van der Waals surface area contributed by atoms with Crippen LogP contribution in [0.3, 0.4) is 0 Å². The fourth-order valence-corrected chi connectivity index (χ4v) is 2.73. The van der Waals surface area contributed by atoms with E-state index in [0.717, 1.165) is 0 Å². The topological polar surface area (TPSA) is 63.7 Å². The summed E-state index contributed by atoms with van der Waals surface area (Å²) in [5.41, 5.74) is 0.130. The predicted octanol–water partition coefficient (Wildman–Crippen LogP) is 1.74. The molecule has 0 bridgehead atoms. The van der Waals surface area contributed by atoms with Crippen molar-refractivity contribution in [3.05, 3.63) is 28.8 Å². The maximum absolute atomic E-state index is 12.2. The second-order valence-corrected chi connectivity index (χ2v) is 6.96. The van der Waals surface area contributed by atoms with Gasteiger partial charge in [0, 0.05) is 23.8 Å². The van der Waals surface area contributed by atoms with Gasteiger partial charge < -0.3 is 9.64 Å². The zero-order chi connectivity index (χ0) is 14.0. The van der Waals surface area contributed by atoms with Gasteiger partial charge >= 0.3 is 0 Å². The highest BCUT2D eigenvalue weighted by atomic mass is 35.7. The summed E-state index contributed by atoms with van der Waals surface area (Å²) in [5.74, 6) is -0.324. The van der Waals surface area contributed by atoms with E-state index < -0.39 is 9.05 Å². The lowest BCUT2D eigenvalue weighted by atomic mass is 10.2. The van der Waals surface area contributed by atoms with E-state index in [0.29, 0.717) is 26.3 Å². The minimum absolute atomic E-state index is 0.130. The predicted molar refractivity (Wildman–Crippen MR) is 71.2 cm³/mol. The molecule has 5 nitrogen and oxygen atoms in total. The van der Waals surface area contributed by atoms with Gasteiger partial charge in [-0.15, -0.1) is 0 Å². The highest BCUT2D eigenvalue weighted by Gasteiger charge is 2.22. The van der Waals surface area contributed by atoms with E-state index in [4.69, 9.17) is 27.0 Å². The Kier molecular flexibility index (Phi) is 4.35. The van der Waals surface area contributed by atoms with Gasteiger partial charge in [0.2, 0.25) is 0 Å². The molecular weight excluding hydrogens is 313 g/mol. The molecule has 1 heterocycles. The van der Waals surface area contributed by atoms with Gasteiger partial charge in [0.05, 0.1) is 28.7 Å². The summed E-state index contributed by atoms with van der Waals surface area (Å²) in [6, 6.07) is 3.81. The number of benzene rings is 1. The summed E-state index contributed by atoms with van der Waals surface area (Å²) in [5, 5.41) is 0.195. The molecule has 0 N–H and O–H groups in total. The molecular formula is C11H11Cl2NO4S. The molecule has 0 spiro atoms. The fourth-order valence-electron chi connectivity index (χ4n) is 1.76. The Bertz CT molecular complexity index is 597. The minimum atomic E-state index is -3.89. The highest BCUT2D eigenvalue weighted by molar-refractivity contribution is 8.13. The van der Waals surface area contributed by atoms with Gasteiger partial charge in [0.25, 0.3) is 15.0 Å². The second-order valence-electron chi connectivity index (χ2n) is 3.98. The molecule has 0 unspecified atom stereocenters. The van der Waals surface area contributed by atoms with Gasteiger partial charge in [0.15, 0.2) is 0 Å². The highest BCUT2D eigenvalue weighted by Crippen LogP contribution is 2.24. The van der Waals surface area contributed by atoms with Gasteiger partial charge in [-0.1, -0.05) is 11.6 Å². The lowest BCUT2D eigenvalue weighted by Crippen LogP contribution is -2.40. The average Bonchev–Trinajstić information content (AvgIpc) is 2.38. The molecule has 1 aliphatic rings. The van der Waals surface area contributed by atoms with Crippen LogP contribution in [0.1, 0.15) is 10.4 Å². The molecule has 0 saturated carbocycles. The molecule has 1 aromatic carbocycles. The van der Waals surface area contributed by atoms with E-state index >= 15 is 0 Å². The van der Waals surface area contributed by atoms with Crippen LogP contribution in [0, 0.1) is 0 Å². The van der Waals surface area contributed by atoms with Crippen molar-refractivity contribution in [2.45, 2.75) is 4.90 Å². The fraction of sp³-hybridized carbons (Fsp3) is 0.364. The molecule has 19 heavy (non-hydrogen) atoms. The SMILES string of the molecule is O=C(c1cc(S(=O)(=O)Cl)ccc1Cl)N1CCOCC1. The number of ether oxygens (including phenoxy) is 1. The molecule has 2 rings (SSSR count). The van der Waals surface area contributed by atoms with Crippen molar-refractivity contribution in [3.8, 4) is 0 Å². The van der Waals surface area contributed by atoms with Crippen LogP contribution >= 0.6 is 22.3 Å². The Morgan fingerprint density at radius 2 is 1.89 bits per heavy atom. The molecule has 104 valence electrons. The van der Waals surface area contributed by atoms with Crippen LogP contribution in [0.4, 0.5) is 0 Å². The van der Waals surface area contributed by atoms with Crippen LogP contribution in [0.2, 0.25) is 5.02 Å². The van der Waals surface area contributed by atoms with E-state index in [2.05, 4.69) is 0 Å². The van der Waals surface area contributed by atoms with Gasteiger partial charge in [0.1, 0.15) is 0 Å². The number of carbonyl (C=O) groups excluding carboxylic acids is 1. The first-order valence-electron chi connectivity index (χ1n) is 5.51. The Morgan fingerprint density at radius 3 is 2.47 bits per heavy atom.